The Kier molecular flexibility index (Phi) is 6.52. The highest BCUT2D eigenvalue weighted by Gasteiger charge is 2.10. The van der Waals surface area contributed by atoms with Gasteiger partial charge in [0.25, 0.3) is 0 Å². The number of fused-ring (bicyclic) bond motifs is 1. The Labute approximate surface area is 134 Å². The third kappa shape index (κ3) is 3.42. The molecule has 1 aromatic carbocycles. The van der Waals surface area contributed by atoms with Crippen molar-refractivity contribution in [3.8, 4) is 0 Å². The van der Waals surface area contributed by atoms with Gasteiger partial charge in [0.05, 0.1) is 5.39 Å². The minimum absolute atomic E-state index is 0. The molecule has 0 amide bonds. The lowest BCUT2D eigenvalue weighted by atomic mass is 10.1. The zero-order chi connectivity index (χ0) is 12.3. The molecule has 0 saturated carbocycles. The Morgan fingerprint density at radius 2 is 1.78 bits per heavy atom. The number of hydrogen-bond donors (Lipinski definition) is 0. The molecule has 0 N–H and O–H groups in total. The summed E-state index contributed by atoms with van der Waals surface area (Å²) in [5.74, 6) is 0. The Balaban J connectivity index is 0.00000162. The second kappa shape index (κ2) is 7.40. The summed E-state index contributed by atoms with van der Waals surface area (Å²) in [5, 5.41) is 2.59. The maximum Gasteiger partial charge on any atom is 0.214 e. The van der Waals surface area contributed by atoms with E-state index in [1.54, 1.807) is 23.5 Å². The maximum absolute atomic E-state index is 2.26. The third-order valence-corrected chi connectivity index (χ3v) is 4.79. The topological polar surface area (TPSA) is 3.88 Å². The first-order valence-corrected chi connectivity index (χ1v) is 7.88. The third-order valence-electron chi connectivity index (χ3n) is 2.75. The number of aromatic nitrogens is 1. The van der Waals surface area contributed by atoms with Crippen molar-refractivity contribution >= 4 is 40.4 Å². The van der Waals surface area contributed by atoms with E-state index in [0.717, 1.165) is 0 Å². The highest BCUT2D eigenvalue weighted by Crippen LogP contribution is 2.27. The van der Waals surface area contributed by atoms with Crippen molar-refractivity contribution in [2.45, 2.75) is 0 Å². The van der Waals surface area contributed by atoms with Crippen molar-refractivity contribution in [2.75, 3.05) is 12.5 Å². The van der Waals surface area contributed by atoms with Crippen molar-refractivity contribution in [3.05, 3.63) is 46.5 Å². The van der Waals surface area contributed by atoms with Gasteiger partial charge in [0.1, 0.15) is 7.05 Å². The van der Waals surface area contributed by atoms with Gasteiger partial charge < -0.3 is 24.0 Å². The molecule has 0 spiro atoms. The Morgan fingerprint density at radius 1 is 1.11 bits per heavy atom. The second-order valence-electron chi connectivity index (χ2n) is 3.77. The maximum atomic E-state index is 2.26. The van der Waals surface area contributed by atoms with E-state index >= 15 is 0 Å². The van der Waals surface area contributed by atoms with Crippen molar-refractivity contribution in [2.24, 2.45) is 7.05 Å². The number of nitrogens with zero attached hydrogens (tertiary/aromatic N) is 1. The van der Waals surface area contributed by atoms with Gasteiger partial charge in [-0.25, -0.2) is 4.57 Å². The molecule has 0 aliphatic rings. The van der Waals surface area contributed by atoms with Crippen LogP contribution in [0.15, 0.2) is 40.8 Å². The molecule has 0 saturated heterocycles. The molecule has 0 fully saturated rings. The monoisotopic (exact) mass is 389 g/mol. The summed E-state index contributed by atoms with van der Waals surface area (Å²) in [6.45, 7) is 0. The van der Waals surface area contributed by atoms with Crippen LogP contribution < -0.4 is 28.5 Å². The molecule has 0 aliphatic heterocycles. The number of pyridine rings is 1. The zero-order valence-corrected chi connectivity index (χ0v) is 14.5. The summed E-state index contributed by atoms with van der Waals surface area (Å²) in [5.41, 5.74) is 1.27. The summed E-state index contributed by atoms with van der Waals surface area (Å²) in [7, 11) is 2.09. The van der Waals surface area contributed by atoms with Gasteiger partial charge in [-0.2, -0.15) is 0 Å². The van der Waals surface area contributed by atoms with Gasteiger partial charge in [-0.1, -0.05) is 18.2 Å². The van der Waals surface area contributed by atoms with Gasteiger partial charge in [-0.05, 0) is 24.0 Å². The van der Waals surface area contributed by atoms with Crippen LogP contribution in [-0.2, 0) is 7.05 Å². The highest BCUT2D eigenvalue weighted by atomic mass is 127. The molecule has 0 radical (unpaired) electrons. The van der Waals surface area contributed by atoms with E-state index in [9.17, 15) is 0 Å². The lowest BCUT2D eigenvalue weighted by Crippen LogP contribution is -3.00. The predicted octanol–water partition coefficient (Wildman–Crippen LogP) is 0.693. The number of aryl methyl sites for hydroxylation is 1. The molecule has 2 aromatic rings. The number of halogens is 1. The van der Waals surface area contributed by atoms with E-state index in [1.165, 1.54) is 20.7 Å². The molecule has 0 atom stereocenters. The Morgan fingerprint density at radius 3 is 2.44 bits per heavy atom. The summed E-state index contributed by atoms with van der Waals surface area (Å²) in [6.07, 6.45) is 8.62. The highest BCUT2D eigenvalue weighted by molar-refractivity contribution is 8.21. The van der Waals surface area contributed by atoms with Crippen LogP contribution in [0, 0.1) is 0 Å². The van der Waals surface area contributed by atoms with Crippen LogP contribution in [-0.4, -0.2) is 12.5 Å². The average molecular weight is 389 g/mol. The predicted molar refractivity (Wildman–Crippen MR) is 80.1 cm³/mol. The van der Waals surface area contributed by atoms with E-state index in [2.05, 4.69) is 66.7 Å². The number of hydrogen-bond acceptors (Lipinski definition) is 2. The van der Waals surface area contributed by atoms with Gasteiger partial charge >= 0.3 is 0 Å². The lowest BCUT2D eigenvalue weighted by Gasteiger charge is -2.03. The number of benzene rings is 1. The van der Waals surface area contributed by atoms with Crippen molar-refractivity contribution < 1.29 is 28.5 Å². The summed E-state index contributed by atoms with van der Waals surface area (Å²) >= 11 is 3.59. The largest absolute Gasteiger partial charge is 1.00 e. The van der Waals surface area contributed by atoms with Crippen LogP contribution in [0.5, 0.6) is 0 Å². The van der Waals surface area contributed by atoms with E-state index in [0.29, 0.717) is 0 Å². The zero-order valence-electron chi connectivity index (χ0n) is 10.7. The number of rotatable bonds is 3. The molecule has 1 aromatic heterocycles. The number of thioether (sulfide) groups is 2. The van der Waals surface area contributed by atoms with Gasteiger partial charge in [0.15, 0.2) is 6.20 Å². The van der Waals surface area contributed by atoms with Gasteiger partial charge in [0, 0.05) is 16.4 Å². The molecular weight excluding hydrogens is 373 g/mol. The first kappa shape index (κ1) is 15.9. The first-order valence-electron chi connectivity index (χ1n) is 5.43. The molecule has 18 heavy (non-hydrogen) atoms. The second-order valence-corrected chi connectivity index (χ2v) is 5.73. The van der Waals surface area contributed by atoms with Crippen LogP contribution in [0.3, 0.4) is 0 Å². The van der Waals surface area contributed by atoms with E-state index in [4.69, 9.17) is 0 Å². The molecule has 0 unspecified atom stereocenters. The normalized spacial score (nSPS) is 9.94. The van der Waals surface area contributed by atoms with Crippen molar-refractivity contribution in [1.29, 1.82) is 0 Å². The van der Waals surface area contributed by atoms with Crippen LogP contribution in [0.25, 0.3) is 16.8 Å². The molecular formula is C14H16INS2. The van der Waals surface area contributed by atoms with Crippen LogP contribution in [0.1, 0.15) is 5.69 Å². The summed E-state index contributed by atoms with van der Waals surface area (Å²) < 4.78 is 3.51. The van der Waals surface area contributed by atoms with Crippen LogP contribution in [0.4, 0.5) is 0 Å². The minimum atomic E-state index is 0. The van der Waals surface area contributed by atoms with Crippen LogP contribution >= 0.6 is 23.5 Å². The lowest BCUT2D eigenvalue weighted by molar-refractivity contribution is -0.671. The van der Waals surface area contributed by atoms with Crippen LogP contribution in [0.2, 0.25) is 0 Å². The average Bonchev–Trinajstić information content (AvgIpc) is 2.38. The van der Waals surface area contributed by atoms with E-state index in [1.807, 2.05) is 0 Å². The van der Waals surface area contributed by atoms with Gasteiger partial charge in [-0.3, -0.25) is 0 Å². The van der Waals surface area contributed by atoms with Crippen molar-refractivity contribution in [3.63, 3.8) is 0 Å². The molecule has 1 nitrogen and oxygen atoms in total. The molecule has 2 rings (SSSR count). The smallest absolute Gasteiger partial charge is 0.214 e. The quantitative estimate of drug-likeness (QED) is 0.562. The first-order chi connectivity index (χ1) is 8.26. The van der Waals surface area contributed by atoms with Crippen molar-refractivity contribution in [1.82, 2.24) is 0 Å². The Hall–Kier alpha value is -0.200. The SMILES string of the molecule is CSC(=Cc1c2ccccc2cc[n+]1C)SC.[I-]. The van der Waals surface area contributed by atoms with Gasteiger partial charge in [-0.15, -0.1) is 23.5 Å². The molecule has 4 heteroatoms. The standard InChI is InChI=1S/C14H16NS2.HI/c1-15-9-8-11-6-4-5-7-12(11)13(15)10-14(16-2)17-3;/h4-10H,1-3H3;1H/q+1;/p-1. The van der Waals surface area contributed by atoms with E-state index < -0.39 is 0 Å². The Bertz CT molecular complexity index is 561. The van der Waals surface area contributed by atoms with E-state index in [-0.39, 0.29) is 24.0 Å². The molecule has 96 valence electrons. The fraction of sp³-hybridized carbons (Fsp3) is 0.214. The molecule has 0 bridgehead atoms. The fourth-order valence-corrected chi connectivity index (χ4v) is 2.96. The molecule has 1 heterocycles. The fourth-order valence-electron chi connectivity index (χ4n) is 1.83. The summed E-state index contributed by atoms with van der Waals surface area (Å²) in [4.78, 5) is 0. The van der Waals surface area contributed by atoms with Gasteiger partial charge in [0.2, 0.25) is 5.69 Å². The minimum Gasteiger partial charge on any atom is -1.00 e. The summed E-state index contributed by atoms with van der Waals surface area (Å²) in [6, 6.07) is 10.7. The molecule has 0 aliphatic carbocycles.